The van der Waals surface area contributed by atoms with Gasteiger partial charge in [-0.1, -0.05) is 159 Å². The lowest BCUT2D eigenvalue weighted by molar-refractivity contribution is -0.141. The molecule has 0 bridgehead atoms. The highest BCUT2D eigenvalue weighted by Crippen LogP contribution is 2.39. The van der Waals surface area contributed by atoms with Crippen molar-refractivity contribution < 1.29 is 48.1 Å². The maximum atomic E-state index is 13.9. The van der Waals surface area contributed by atoms with Gasteiger partial charge >= 0.3 is 5.97 Å². The second kappa shape index (κ2) is 41.8. The summed E-state index contributed by atoms with van der Waals surface area (Å²) >= 11 is 18.7. The minimum Gasteiger partial charge on any atom is -0.495 e. The van der Waals surface area contributed by atoms with Gasteiger partial charge in [-0.15, -0.1) is 0 Å². The first-order valence-corrected chi connectivity index (χ1v) is 40.7. The van der Waals surface area contributed by atoms with Crippen LogP contribution in [-0.2, 0) is 46.5 Å². The molecular weight excluding hydrogens is 1630 g/mol. The lowest BCUT2D eigenvalue weighted by atomic mass is 9.94. The number of methoxy groups -OCH3 is 3. The zero-order valence-corrected chi connectivity index (χ0v) is 70.7. The molecule has 0 saturated heterocycles. The third kappa shape index (κ3) is 21.9. The number of rotatable bonds is 28. The van der Waals surface area contributed by atoms with Gasteiger partial charge in [0, 0.05) is 158 Å². The highest BCUT2D eigenvalue weighted by atomic mass is 35.5. The number of aromatic nitrogens is 9. The van der Waals surface area contributed by atoms with Crippen LogP contribution in [0.3, 0.4) is 0 Å². The van der Waals surface area contributed by atoms with Crippen LogP contribution in [0.15, 0.2) is 289 Å². The van der Waals surface area contributed by atoms with E-state index < -0.39 is 40.8 Å². The summed E-state index contributed by atoms with van der Waals surface area (Å²) in [6.45, 7) is 5.30. The fourth-order valence-electron chi connectivity index (χ4n) is 14.4. The number of anilines is 1. The standard InChI is InChI=1S/2C33H28ClN3O4.C24H22ClNO5.C8H7N3/c2*1-3-30(38)25-11-10-24(34)16-26(25)27-17-33(40)37(19-32(27)41-2)29(14-21-7-5-4-6-8-21)31(39)15-22-9-12-28-23(13-22)18-35-20-36-28;1-3-21(27)17-10-9-16(25)12-18(17)19-13-23(28)26(14-22(19)31-2)20(24(29)30)11-15-7-5-4-6-8-15;9-7-1-2-8-6(3-7)4-10-5-11-8/h2*4-13,16-20,29H,3,14-15H2,1-2H3;4-10,12-14,20H,3,11H2,1-2H3,(H,29,30);1-5H,9H2. The first-order chi connectivity index (χ1) is 60.0. The van der Waals surface area contributed by atoms with Crippen molar-refractivity contribution in [2.75, 3.05) is 27.1 Å². The number of aliphatic carboxylic acids is 1. The van der Waals surface area contributed by atoms with Crippen LogP contribution in [0, 0.1) is 0 Å². The molecule has 124 heavy (non-hydrogen) atoms. The van der Waals surface area contributed by atoms with Crippen molar-refractivity contribution in [2.45, 2.75) is 90.3 Å². The first-order valence-electron chi connectivity index (χ1n) is 39.6. The van der Waals surface area contributed by atoms with Gasteiger partial charge in [0.25, 0.3) is 16.7 Å². The highest BCUT2D eigenvalue weighted by Gasteiger charge is 2.30. The summed E-state index contributed by atoms with van der Waals surface area (Å²) in [5, 5.41) is 13.7. The van der Waals surface area contributed by atoms with Crippen LogP contribution < -0.4 is 36.6 Å². The summed E-state index contributed by atoms with van der Waals surface area (Å²) in [6, 6.07) is 61.2. The number of pyridine rings is 3. The van der Waals surface area contributed by atoms with E-state index in [2.05, 4.69) is 29.9 Å². The van der Waals surface area contributed by atoms with E-state index in [9.17, 15) is 48.3 Å². The van der Waals surface area contributed by atoms with E-state index in [1.807, 2.05) is 133 Å². The number of ketones is 5. The summed E-state index contributed by atoms with van der Waals surface area (Å²) in [6.07, 6.45) is 16.0. The molecule has 6 aromatic heterocycles. The topological polar surface area (TPSA) is 320 Å². The molecule has 26 heteroatoms. The molecule has 0 aliphatic rings. The normalized spacial score (nSPS) is 11.6. The predicted octanol–water partition coefficient (Wildman–Crippen LogP) is 18.5. The number of benzene rings is 9. The maximum absolute atomic E-state index is 13.9. The SMILES string of the molecule is CCC(=O)c1ccc(Cl)cc1-c1cc(=O)n(C(Cc2ccccc2)C(=O)Cc2ccc3ncncc3c2)cc1OC.CCC(=O)c1ccc(Cl)cc1-c1cc(=O)n(C(Cc2ccccc2)C(=O)Cc2ccc3ncncc3c2)cc1OC.CCC(=O)c1ccc(Cl)cc1-c1cc(=O)n(C(Cc2ccccc2)C(=O)O)cc1OC.Nc1ccc2ncncc2c1. The van der Waals surface area contributed by atoms with Crippen molar-refractivity contribution >= 4 is 108 Å². The Kier molecular flexibility index (Phi) is 30.0. The van der Waals surface area contributed by atoms with Gasteiger partial charge in [0.15, 0.2) is 28.9 Å². The quantitative estimate of drug-likeness (QED) is 0.0340. The van der Waals surface area contributed by atoms with Crippen LogP contribution >= 0.6 is 34.8 Å². The molecule has 15 aromatic rings. The average molecular weight is 1720 g/mol. The van der Waals surface area contributed by atoms with Crippen LogP contribution in [0.4, 0.5) is 5.69 Å². The van der Waals surface area contributed by atoms with Crippen molar-refractivity contribution in [3.05, 3.63) is 365 Å². The van der Waals surface area contributed by atoms with Gasteiger partial charge in [-0.25, -0.2) is 34.7 Å². The lowest BCUT2D eigenvalue weighted by Crippen LogP contribution is -2.32. The van der Waals surface area contributed by atoms with Crippen molar-refractivity contribution in [1.29, 1.82) is 0 Å². The van der Waals surface area contributed by atoms with Crippen LogP contribution in [0.5, 0.6) is 17.2 Å². The van der Waals surface area contributed by atoms with Crippen LogP contribution in [0.2, 0.25) is 15.1 Å². The first kappa shape index (κ1) is 89.0. The number of nitrogens with two attached hydrogens (primary N) is 1. The monoisotopic (exact) mass is 1710 g/mol. The number of hydrogen-bond donors (Lipinski definition) is 2. The van der Waals surface area contributed by atoms with Crippen molar-refractivity contribution in [2.24, 2.45) is 0 Å². The van der Waals surface area contributed by atoms with Crippen molar-refractivity contribution in [3.63, 3.8) is 0 Å². The van der Waals surface area contributed by atoms with Gasteiger partial charge < -0.3 is 34.2 Å². The van der Waals surface area contributed by atoms with Gasteiger partial charge in [-0.2, -0.15) is 0 Å². The largest absolute Gasteiger partial charge is 0.495 e. The van der Waals surface area contributed by atoms with Gasteiger partial charge in [0.2, 0.25) is 0 Å². The minimum absolute atomic E-state index is 0.0826. The smallest absolute Gasteiger partial charge is 0.327 e. The molecule has 0 saturated carbocycles. The van der Waals surface area contributed by atoms with Crippen LogP contribution in [-0.4, -0.2) is 105 Å². The summed E-state index contributed by atoms with van der Waals surface area (Å²) in [5.41, 5.74) is 15.8. The summed E-state index contributed by atoms with van der Waals surface area (Å²) in [5.74, 6) is -0.696. The zero-order valence-electron chi connectivity index (χ0n) is 68.5. The molecule has 0 amide bonds. The van der Waals surface area contributed by atoms with Gasteiger partial charge in [0.05, 0.1) is 68.6 Å². The average Bonchev–Trinajstić information content (AvgIpc) is 0.781. The molecule has 0 radical (unpaired) electrons. The Morgan fingerprint density at radius 2 is 0.677 bits per heavy atom. The number of carboxylic acids is 1. The third-order valence-electron chi connectivity index (χ3n) is 20.7. The number of ether oxygens (including phenoxy) is 3. The van der Waals surface area contributed by atoms with Crippen molar-refractivity contribution in [1.82, 2.24) is 43.6 Å². The maximum Gasteiger partial charge on any atom is 0.327 e. The summed E-state index contributed by atoms with van der Waals surface area (Å²) in [7, 11) is 4.40. The Morgan fingerprint density at radius 3 is 0.992 bits per heavy atom. The third-order valence-corrected chi connectivity index (χ3v) is 21.5. The Morgan fingerprint density at radius 1 is 0.371 bits per heavy atom. The van der Waals surface area contributed by atoms with Crippen LogP contribution in [0.25, 0.3) is 66.1 Å². The summed E-state index contributed by atoms with van der Waals surface area (Å²) in [4.78, 5) is 143. The molecule has 6 heterocycles. The number of fused-ring (bicyclic) bond motifs is 3. The van der Waals surface area contributed by atoms with Gasteiger partial charge in [-0.3, -0.25) is 42.9 Å². The molecule has 15 rings (SSSR count). The minimum atomic E-state index is -1.13. The van der Waals surface area contributed by atoms with Crippen molar-refractivity contribution in [3.8, 4) is 50.6 Å². The highest BCUT2D eigenvalue weighted by molar-refractivity contribution is 6.32. The van der Waals surface area contributed by atoms with Crippen LogP contribution in [0.1, 0.15) is 117 Å². The zero-order chi connectivity index (χ0) is 88.1. The van der Waals surface area contributed by atoms with E-state index in [1.165, 1.54) is 73.8 Å². The van der Waals surface area contributed by atoms with E-state index in [1.54, 1.807) is 118 Å². The second-order valence-electron chi connectivity index (χ2n) is 28.8. The van der Waals surface area contributed by atoms with Gasteiger partial charge in [-0.05, 0) is 142 Å². The molecule has 0 spiro atoms. The Hall–Kier alpha value is -14.3. The van der Waals surface area contributed by atoms with Gasteiger partial charge in [0.1, 0.15) is 42.3 Å². The number of hydrogen-bond acceptors (Lipinski definition) is 19. The second-order valence-corrected chi connectivity index (χ2v) is 30.1. The fraction of sp³-hybridized carbons (Fsp3) is 0.173. The Bertz CT molecular complexity index is 6390. The lowest BCUT2D eigenvalue weighted by Gasteiger charge is -2.22. The molecule has 3 N–H and O–H groups in total. The predicted molar refractivity (Wildman–Crippen MR) is 483 cm³/mol. The Labute approximate surface area is 728 Å². The van der Waals surface area contributed by atoms with E-state index in [-0.39, 0.29) is 60.3 Å². The summed E-state index contributed by atoms with van der Waals surface area (Å²) < 4.78 is 20.9. The Balaban J connectivity index is 0.000000160. The number of carbonyl (C=O) groups excluding carboxylic acids is 5. The number of nitrogens with zero attached hydrogens (tertiary/aromatic N) is 9. The number of halogens is 3. The molecule has 626 valence electrons. The molecule has 3 atom stereocenters. The van der Waals surface area contributed by atoms with E-state index in [0.717, 1.165) is 70.8 Å². The van der Waals surface area contributed by atoms with E-state index in [0.29, 0.717) is 102 Å². The molecular formula is C98H85Cl3N10O13. The molecule has 0 fully saturated rings. The molecule has 0 aliphatic carbocycles. The molecule has 0 aliphatic heterocycles. The number of Topliss-reactive ketones (excluding diaryl/α,β-unsaturated/α-hetero) is 5. The molecule has 9 aromatic carbocycles. The number of carboxylic acid groups (broad SMARTS) is 1. The molecule has 3 unspecified atom stereocenters. The number of carbonyl (C=O) groups is 6. The number of nitrogen functional groups attached to an aromatic ring is 1. The molecule has 23 nitrogen and oxygen atoms in total. The van der Waals surface area contributed by atoms with E-state index >= 15 is 0 Å². The fourth-order valence-corrected chi connectivity index (χ4v) is 15.0. The van der Waals surface area contributed by atoms with E-state index in [4.69, 9.17) is 54.7 Å².